The van der Waals surface area contributed by atoms with Crippen molar-refractivity contribution in [3.63, 3.8) is 0 Å². The van der Waals surface area contributed by atoms with Crippen molar-refractivity contribution in [2.75, 3.05) is 0 Å². The smallest absolute Gasteiger partial charge is 0.166 e. The Hall–Kier alpha value is -1.85. The third-order valence-corrected chi connectivity index (χ3v) is 8.00. The minimum absolute atomic E-state index is 0.0383. The van der Waals surface area contributed by atoms with Crippen LogP contribution in [0.5, 0.6) is 0 Å². The highest BCUT2D eigenvalue weighted by atomic mass is 79.9. The normalized spacial score (nSPS) is 17.8. The number of fused-ring (bicyclic) bond motifs is 4. The first-order valence-corrected chi connectivity index (χ1v) is 12.1. The van der Waals surface area contributed by atoms with Gasteiger partial charge in [0.25, 0.3) is 0 Å². The van der Waals surface area contributed by atoms with Crippen LogP contribution in [0.15, 0.2) is 69.1 Å². The minimum atomic E-state index is -4.37. The van der Waals surface area contributed by atoms with Crippen molar-refractivity contribution >= 4 is 37.9 Å². The molecule has 3 aromatic rings. The molecular formula is C27H21Br2F3. The first-order valence-electron chi connectivity index (χ1n) is 10.5. The molecule has 3 aromatic carbocycles. The summed E-state index contributed by atoms with van der Waals surface area (Å²) in [6.45, 7) is 6.34. The maximum Gasteiger partial charge on any atom is 0.416 e. The number of benzene rings is 3. The number of alkyl halides is 3. The van der Waals surface area contributed by atoms with E-state index in [4.69, 9.17) is 0 Å². The van der Waals surface area contributed by atoms with Gasteiger partial charge in [-0.1, -0.05) is 81.6 Å². The molecule has 0 spiro atoms. The Morgan fingerprint density at radius 3 is 1.84 bits per heavy atom. The number of allylic oxidation sites excluding steroid dienone is 1. The highest BCUT2D eigenvalue weighted by Gasteiger charge is 2.48. The van der Waals surface area contributed by atoms with Gasteiger partial charge in [0.1, 0.15) is 0 Å². The van der Waals surface area contributed by atoms with E-state index < -0.39 is 11.7 Å². The second kappa shape index (κ2) is 7.33. The Morgan fingerprint density at radius 1 is 0.750 bits per heavy atom. The summed E-state index contributed by atoms with van der Waals surface area (Å²) in [5, 5.41) is 0. The molecule has 0 aliphatic heterocycles. The Balaban J connectivity index is 1.72. The second-order valence-electron chi connectivity index (χ2n) is 9.35. The summed E-state index contributed by atoms with van der Waals surface area (Å²) in [4.78, 5) is 0. The number of hydrogen-bond acceptors (Lipinski definition) is 0. The largest absolute Gasteiger partial charge is 0.416 e. The van der Waals surface area contributed by atoms with Crippen molar-refractivity contribution in [2.45, 2.75) is 38.8 Å². The van der Waals surface area contributed by atoms with Crippen molar-refractivity contribution in [3.05, 3.63) is 96.9 Å². The lowest BCUT2D eigenvalue weighted by atomic mass is 9.63. The molecule has 0 saturated heterocycles. The average Bonchev–Trinajstić information content (AvgIpc) is 3.20. The Labute approximate surface area is 202 Å². The van der Waals surface area contributed by atoms with E-state index in [-0.39, 0.29) is 17.3 Å². The predicted molar refractivity (Wildman–Crippen MR) is 131 cm³/mol. The Morgan fingerprint density at radius 2 is 1.31 bits per heavy atom. The molecule has 0 radical (unpaired) electrons. The van der Waals surface area contributed by atoms with E-state index in [1.165, 1.54) is 28.3 Å². The molecule has 0 N–H and O–H groups in total. The summed E-state index contributed by atoms with van der Waals surface area (Å²) in [6, 6.07) is 17.3. The van der Waals surface area contributed by atoms with Gasteiger partial charge in [0.15, 0.2) is 0 Å². The van der Waals surface area contributed by atoms with Crippen LogP contribution in [-0.4, -0.2) is 0 Å². The summed E-state index contributed by atoms with van der Waals surface area (Å²) in [6.07, 6.45) is -2.63. The van der Waals surface area contributed by atoms with Crippen LogP contribution in [0.4, 0.5) is 13.2 Å². The van der Waals surface area contributed by atoms with Crippen molar-refractivity contribution < 1.29 is 13.2 Å². The second-order valence-corrected chi connectivity index (χ2v) is 11.2. The first kappa shape index (κ1) is 22.0. The van der Waals surface area contributed by atoms with Gasteiger partial charge in [0.05, 0.1) is 5.56 Å². The van der Waals surface area contributed by atoms with E-state index in [9.17, 15) is 13.2 Å². The van der Waals surface area contributed by atoms with E-state index in [0.717, 1.165) is 20.1 Å². The monoisotopic (exact) mass is 560 g/mol. The topological polar surface area (TPSA) is 0 Å². The first-order chi connectivity index (χ1) is 15.0. The van der Waals surface area contributed by atoms with Crippen LogP contribution in [0.1, 0.15) is 60.4 Å². The van der Waals surface area contributed by atoms with E-state index >= 15 is 0 Å². The van der Waals surface area contributed by atoms with Crippen molar-refractivity contribution in [1.82, 2.24) is 0 Å². The fraction of sp³-hybridized carbons (Fsp3) is 0.259. The zero-order valence-corrected chi connectivity index (χ0v) is 21.0. The maximum absolute atomic E-state index is 13.7. The van der Waals surface area contributed by atoms with E-state index in [1.54, 1.807) is 12.1 Å². The molecule has 0 fully saturated rings. The molecule has 0 nitrogen and oxygen atoms in total. The number of rotatable bonds is 2. The molecule has 2 aliphatic rings. The molecule has 164 valence electrons. The highest BCUT2D eigenvalue weighted by molar-refractivity contribution is 9.10. The van der Waals surface area contributed by atoms with Gasteiger partial charge in [-0.3, -0.25) is 0 Å². The minimum Gasteiger partial charge on any atom is -0.166 e. The van der Waals surface area contributed by atoms with Gasteiger partial charge >= 0.3 is 6.18 Å². The van der Waals surface area contributed by atoms with Crippen molar-refractivity contribution in [1.29, 1.82) is 0 Å². The predicted octanol–water partition coefficient (Wildman–Crippen LogP) is 9.57. The van der Waals surface area contributed by atoms with Crippen LogP contribution < -0.4 is 0 Å². The molecule has 0 aromatic heterocycles. The van der Waals surface area contributed by atoms with E-state index in [0.29, 0.717) is 5.56 Å². The molecule has 32 heavy (non-hydrogen) atoms. The zero-order chi connectivity index (χ0) is 23.0. The van der Waals surface area contributed by atoms with Crippen LogP contribution in [0.3, 0.4) is 0 Å². The number of halogens is 5. The molecule has 2 aliphatic carbocycles. The van der Waals surface area contributed by atoms with Gasteiger partial charge in [0, 0.05) is 20.8 Å². The van der Waals surface area contributed by atoms with Crippen LogP contribution in [-0.2, 0) is 6.18 Å². The lowest BCUT2D eigenvalue weighted by Gasteiger charge is -2.40. The molecule has 0 bridgehead atoms. The van der Waals surface area contributed by atoms with Gasteiger partial charge in [-0.15, -0.1) is 0 Å². The average molecular weight is 562 g/mol. The zero-order valence-electron chi connectivity index (χ0n) is 17.8. The molecule has 1 unspecified atom stereocenters. The van der Waals surface area contributed by atoms with Crippen molar-refractivity contribution in [2.24, 2.45) is 5.41 Å². The van der Waals surface area contributed by atoms with Gasteiger partial charge in [-0.2, -0.15) is 13.2 Å². The number of hydrogen-bond donors (Lipinski definition) is 0. The van der Waals surface area contributed by atoms with Crippen LogP contribution in [0, 0.1) is 5.41 Å². The van der Waals surface area contributed by atoms with Gasteiger partial charge < -0.3 is 0 Å². The molecular weight excluding hydrogens is 541 g/mol. The van der Waals surface area contributed by atoms with E-state index in [1.807, 2.05) is 25.1 Å². The Kier molecular flexibility index (Phi) is 5.03. The molecule has 0 heterocycles. The lowest BCUT2D eigenvalue weighted by molar-refractivity contribution is -0.137. The third kappa shape index (κ3) is 3.23. The molecule has 5 heteroatoms. The maximum atomic E-state index is 13.7. The lowest BCUT2D eigenvalue weighted by Crippen LogP contribution is -2.29. The fourth-order valence-electron chi connectivity index (χ4n) is 5.96. The van der Waals surface area contributed by atoms with Gasteiger partial charge in [-0.05, 0) is 76.1 Å². The standard InChI is InChI=1S/C27H21Br2F3/c1-14-11-20-19(5-4-6-23(20)27(30,31)32)24(14)26(2,3)25-21-12-15(28)7-9-17(21)18-10-8-16(29)13-22(18)25/h4-13,24-25H,1-3H3. The van der Waals surface area contributed by atoms with Crippen LogP contribution in [0.2, 0.25) is 0 Å². The van der Waals surface area contributed by atoms with E-state index in [2.05, 4.69) is 70.0 Å². The van der Waals surface area contributed by atoms with Gasteiger partial charge in [-0.25, -0.2) is 0 Å². The molecule has 0 amide bonds. The summed E-state index contributed by atoms with van der Waals surface area (Å²) < 4.78 is 43.2. The summed E-state index contributed by atoms with van der Waals surface area (Å²) in [7, 11) is 0. The quantitative estimate of drug-likeness (QED) is 0.292. The third-order valence-electron chi connectivity index (χ3n) is 7.01. The van der Waals surface area contributed by atoms with Gasteiger partial charge in [0.2, 0.25) is 0 Å². The highest BCUT2D eigenvalue weighted by Crippen LogP contribution is 2.61. The van der Waals surface area contributed by atoms with Crippen LogP contribution in [0.25, 0.3) is 17.2 Å². The fourth-order valence-corrected chi connectivity index (χ4v) is 6.72. The SMILES string of the molecule is CC1=Cc2c(cccc2C(F)(F)F)C1C(C)(C)C1c2cc(Br)ccc2-c2ccc(Br)cc21. The summed E-state index contributed by atoms with van der Waals surface area (Å²) in [5.74, 6) is -0.0853. The van der Waals surface area contributed by atoms with Crippen LogP contribution >= 0.6 is 31.9 Å². The molecule has 1 atom stereocenters. The summed E-state index contributed by atoms with van der Waals surface area (Å²) >= 11 is 7.25. The van der Waals surface area contributed by atoms with Crippen molar-refractivity contribution in [3.8, 4) is 11.1 Å². The summed E-state index contributed by atoms with van der Waals surface area (Å²) in [5.41, 5.74) is 5.95. The molecule has 5 rings (SSSR count). The molecule has 0 saturated carbocycles. The Bertz CT molecular complexity index is 1230.